The minimum atomic E-state index is -1.35. The SMILES string of the molecule is O=C1O[C@H]2C[C@@H](S(=O)c3ccccc3)O[C@@]12COCc1ccccc1. The van der Waals surface area contributed by atoms with Gasteiger partial charge in [0.05, 0.1) is 24.0 Å². The first-order valence-electron chi connectivity index (χ1n) is 8.15. The Morgan fingerprint density at radius 3 is 2.44 bits per heavy atom. The minimum absolute atomic E-state index is 0.105. The molecule has 4 atom stereocenters. The van der Waals surface area contributed by atoms with E-state index in [4.69, 9.17) is 14.2 Å². The molecule has 2 aromatic rings. The van der Waals surface area contributed by atoms with Crippen LogP contribution in [0.5, 0.6) is 0 Å². The van der Waals surface area contributed by atoms with E-state index < -0.39 is 33.9 Å². The van der Waals surface area contributed by atoms with Gasteiger partial charge in [-0.2, -0.15) is 0 Å². The van der Waals surface area contributed by atoms with E-state index in [2.05, 4.69) is 0 Å². The van der Waals surface area contributed by atoms with Crippen molar-refractivity contribution in [2.24, 2.45) is 0 Å². The highest BCUT2D eigenvalue weighted by molar-refractivity contribution is 7.85. The van der Waals surface area contributed by atoms with Gasteiger partial charge in [-0.25, -0.2) is 4.79 Å². The van der Waals surface area contributed by atoms with Crippen molar-refractivity contribution in [3.63, 3.8) is 0 Å². The van der Waals surface area contributed by atoms with Crippen molar-refractivity contribution in [1.82, 2.24) is 0 Å². The zero-order valence-corrected chi connectivity index (χ0v) is 14.3. The summed E-state index contributed by atoms with van der Waals surface area (Å²) in [5, 5.41) is 0. The number of esters is 1. The molecule has 2 aliphatic rings. The molecule has 1 unspecified atom stereocenters. The highest BCUT2D eigenvalue weighted by Gasteiger charge is 2.66. The van der Waals surface area contributed by atoms with Gasteiger partial charge in [0, 0.05) is 11.3 Å². The number of rotatable bonds is 6. The maximum Gasteiger partial charge on any atom is 0.345 e. The van der Waals surface area contributed by atoms with Gasteiger partial charge in [-0.3, -0.25) is 4.21 Å². The molecule has 0 saturated carbocycles. The molecule has 0 radical (unpaired) electrons. The molecule has 0 aromatic heterocycles. The Hall–Kier alpha value is -2.02. The second-order valence-electron chi connectivity index (χ2n) is 6.16. The van der Waals surface area contributed by atoms with Crippen LogP contribution in [0, 0.1) is 0 Å². The average Bonchev–Trinajstić information content (AvgIpc) is 2.96. The summed E-state index contributed by atoms with van der Waals surface area (Å²) >= 11 is 0. The Labute approximate surface area is 148 Å². The third kappa shape index (κ3) is 3.01. The van der Waals surface area contributed by atoms with Crippen LogP contribution in [0.2, 0.25) is 0 Å². The second-order valence-corrected chi connectivity index (χ2v) is 7.75. The normalized spacial score (nSPS) is 28.7. The number of ether oxygens (including phenoxy) is 3. The highest BCUT2D eigenvalue weighted by Crippen LogP contribution is 2.44. The van der Waals surface area contributed by atoms with Gasteiger partial charge in [-0.05, 0) is 17.7 Å². The third-order valence-electron chi connectivity index (χ3n) is 4.51. The first-order chi connectivity index (χ1) is 12.2. The van der Waals surface area contributed by atoms with Crippen molar-refractivity contribution in [2.75, 3.05) is 6.61 Å². The van der Waals surface area contributed by atoms with E-state index in [0.29, 0.717) is 17.9 Å². The van der Waals surface area contributed by atoms with Crippen molar-refractivity contribution < 1.29 is 23.2 Å². The number of carbonyl (C=O) groups excluding carboxylic acids is 1. The molecule has 2 saturated heterocycles. The maximum atomic E-state index is 12.7. The van der Waals surface area contributed by atoms with Crippen LogP contribution in [0.3, 0.4) is 0 Å². The van der Waals surface area contributed by atoms with Crippen molar-refractivity contribution >= 4 is 16.8 Å². The van der Waals surface area contributed by atoms with E-state index in [0.717, 1.165) is 5.56 Å². The molecule has 5 nitrogen and oxygen atoms in total. The molecule has 4 rings (SSSR count). The summed E-state index contributed by atoms with van der Waals surface area (Å²) in [4.78, 5) is 12.7. The first-order valence-corrected chi connectivity index (χ1v) is 9.36. The fourth-order valence-electron chi connectivity index (χ4n) is 3.14. The maximum absolute atomic E-state index is 12.7. The number of carbonyl (C=O) groups is 1. The van der Waals surface area contributed by atoms with Crippen LogP contribution >= 0.6 is 0 Å². The van der Waals surface area contributed by atoms with E-state index in [1.165, 1.54) is 0 Å². The van der Waals surface area contributed by atoms with Gasteiger partial charge >= 0.3 is 5.97 Å². The monoisotopic (exact) mass is 358 g/mol. The fraction of sp³-hybridized carbons (Fsp3) is 0.316. The lowest BCUT2D eigenvalue weighted by Gasteiger charge is -2.40. The predicted octanol–water partition coefficient (Wildman–Crippen LogP) is 2.42. The molecule has 0 bridgehead atoms. The zero-order valence-electron chi connectivity index (χ0n) is 13.5. The topological polar surface area (TPSA) is 61.8 Å². The first kappa shape index (κ1) is 16.4. The van der Waals surface area contributed by atoms with Crippen LogP contribution in [0.25, 0.3) is 0 Å². The average molecular weight is 358 g/mol. The van der Waals surface area contributed by atoms with Crippen LogP contribution in [-0.2, 0) is 36.4 Å². The second kappa shape index (κ2) is 6.71. The summed E-state index contributed by atoms with van der Waals surface area (Å²) in [7, 11) is -1.35. The predicted molar refractivity (Wildman–Crippen MR) is 91.0 cm³/mol. The zero-order chi connectivity index (χ0) is 17.3. The molecule has 0 aliphatic carbocycles. The molecule has 2 aliphatic heterocycles. The lowest BCUT2D eigenvalue weighted by molar-refractivity contribution is -0.230. The van der Waals surface area contributed by atoms with E-state index in [9.17, 15) is 9.00 Å². The Balaban J connectivity index is 1.42. The van der Waals surface area contributed by atoms with Gasteiger partial charge in [0.25, 0.3) is 0 Å². The number of hydrogen-bond donors (Lipinski definition) is 0. The van der Waals surface area contributed by atoms with Gasteiger partial charge in [0.1, 0.15) is 11.5 Å². The Morgan fingerprint density at radius 2 is 1.76 bits per heavy atom. The molecule has 0 N–H and O–H groups in total. The van der Waals surface area contributed by atoms with E-state index in [1.807, 2.05) is 48.5 Å². The lowest BCUT2D eigenvalue weighted by Crippen LogP contribution is -2.63. The van der Waals surface area contributed by atoms with Crippen molar-refractivity contribution in [3.8, 4) is 0 Å². The van der Waals surface area contributed by atoms with E-state index in [-0.39, 0.29) is 6.61 Å². The number of benzene rings is 2. The van der Waals surface area contributed by atoms with Gasteiger partial charge in [-0.15, -0.1) is 0 Å². The summed E-state index contributed by atoms with van der Waals surface area (Å²) in [6.45, 7) is 0.492. The van der Waals surface area contributed by atoms with Gasteiger partial charge < -0.3 is 14.2 Å². The Kier molecular flexibility index (Phi) is 4.41. The molecule has 0 spiro atoms. The van der Waals surface area contributed by atoms with Gasteiger partial charge in [0.15, 0.2) is 0 Å². The Morgan fingerprint density at radius 1 is 1.08 bits per heavy atom. The van der Waals surface area contributed by atoms with Crippen LogP contribution in [0.4, 0.5) is 0 Å². The fourth-order valence-corrected chi connectivity index (χ4v) is 4.47. The molecule has 130 valence electrons. The molecule has 25 heavy (non-hydrogen) atoms. The van der Waals surface area contributed by atoms with E-state index in [1.54, 1.807) is 12.1 Å². The lowest BCUT2D eigenvalue weighted by atomic mass is 9.92. The Bertz CT molecular complexity index is 779. The number of fused-ring (bicyclic) bond motifs is 1. The quantitative estimate of drug-likeness (QED) is 0.742. The summed E-state index contributed by atoms with van der Waals surface area (Å²) in [6.07, 6.45) is 0.0236. The molecule has 6 heteroatoms. The van der Waals surface area contributed by atoms with Gasteiger partial charge in [-0.1, -0.05) is 48.5 Å². The molecular weight excluding hydrogens is 340 g/mol. The van der Waals surface area contributed by atoms with Crippen molar-refractivity contribution in [2.45, 2.75) is 35.1 Å². The standard InChI is InChI=1S/C19H18O5S/c20-18-19(13-22-12-14-7-3-1-4-8-14)16(23-18)11-17(24-19)25(21)15-9-5-2-6-10-15/h1-10,16-17H,11-13H2/t16-,17+,19+,25?/m0/s1. The summed E-state index contributed by atoms with van der Waals surface area (Å²) in [5.41, 5.74) is -0.672. The molecule has 2 heterocycles. The van der Waals surface area contributed by atoms with Crippen molar-refractivity contribution in [3.05, 3.63) is 66.2 Å². The summed E-state index contributed by atoms with van der Waals surface area (Å²) in [6, 6.07) is 18.8. The largest absolute Gasteiger partial charge is 0.456 e. The summed E-state index contributed by atoms with van der Waals surface area (Å²) < 4.78 is 29.5. The van der Waals surface area contributed by atoms with Crippen LogP contribution < -0.4 is 0 Å². The van der Waals surface area contributed by atoms with Gasteiger partial charge in [0.2, 0.25) is 5.60 Å². The molecule has 0 amide bonds. The smallest absolute Gasteiger partial charge is 0.345 e. The van der Waals surface area contributed by atoms with Crippen LogP contribution in [0.1, 0.15) is 12.0 Å². The van der Waals surface area contributed by atoms with E-state index >= 15 is 0 Å². The van der Waals surface area contributed by atoms with Crippen molar-refractivity contribution in [1.29, 1.82) is 0 Å². The van der Waals surface area contributed by atoms with Crippen LogP contribution in [0.15, 0.2) is 65.6 Å². The minimum Gasteiger partial charge on any atom is -0.456 e. The molecule has 2 aromatic carbocycles. The van der Waals surface area contributed by atoms with Crippen LogP contribution in [-0.4, -0.2) is 33.9 Å². The highest BCUT2D eigenvalue weighted by atomic mass is 32.2. The third-order valence-corrected chi connectivity index (χ3v) is 6.01. The molecular formula is C19H18O5S. The summed E-state index contributed by atoms with van der Waals surface area (Å²) in [5.74, 6) is -0.432. The number of hydrogen-bond acceptors (Lipinski definition) is 5. The molecule has 2 fully saturated rings.